The van der Waals surface area contributed by atoms with Crippen molar-refractivity contribution in [1.29, 1.82) is 0 Å². The van der Waals surface area contributed by atoms with E-state index in [9.17, 15) is 14.0 Å². The lowest BCUT2D eigenvalue weighted by atomic mass is 9.68. The molecule has 1 heterocycles. The molecule has 0 unspecified atom stereocenters. The summed E-state index contributed by atoms with van der Waals surface area (Å²) < 4.78 is 24.5. The number of carbonyl (C=O) groups excluding carboxylic acids is 2. The van der Waals surface area contributed by atoms with Crippen LogP contribution in [0.5, 0.6) is 0 Å². The van der Waals surface area contributed by atoms with E-state index >= 15 is 0 Å². The van der Waals surface area contributed by atoms with Gasteiger partial charge >= 0.3 is 5.97 Å². The van der Waals surface area contributed by atoms with Crippen LogP contribution >= 0.6 is 0 Å². The Balaban J connectivity index is 1.97. The van der Waals surface area contributed by atoms with Crippen molar-refractivity contribution in [3.8, 4) is 0 Å². The fourth-order valence-electron chi connectivity index (χ4n) is 4.19. The molecule has 0 aromatic heterocycles. The molecule has 2 aliphatic rings. The lowest BCUT2D eigenvalue weighted by Gasteiger charge is -2.39. The summed E-state index contributed by atoms with van der Waals surface area (Å²) in [5.74, 6) is -1.44. The summed E-state index contributed by atoms with van der Waals surface area (Å²) >= 11 is 0. The smallest absolute Gasteiger partial charge is 0.336 e. The minimum Gasteiger partial charge on any atom is -0.460 e. The second-order valence-corrected chi connectivity index (χ2v) is 9.04. The molecule has 30 heavy (non-hydrogen) atoms. The zero-order chi connectivity index (χ0) is 22.1. The Bertz CT molecular complexity index is 896. The van der Waals surface area contributed by atoms with Gasteiger partial charge in [0.05, 0.1) is 18.3 Å². The average molecular weight is 416 g/mol. The molecule has 1 aromatic rings. The molecule has 5 nitrogen and oxygen atoms in total. The van der Waals surface area contributed by atoms with Gasteiger partial charge in [0.25, 0.3) is 0 Å². The Morgan fingerprint density at radius 3 is 2.50 bits per heavy atom. The van der Waals surface area contributed by atoms with Crippen LogP contribution in [0.1, 0.15) is 58.9 Å². The van der Waals surface area contributed by atoms with Crippen molar-refractivity contribution < 1.29 is 23.5 Å². The summed E-state index contributed by atoms with van der Waals surface area (Å²) in [5.41, 5.74) is 2.99. The van der Waals surface area contributed by atoms with Crippen LogP contribution in [0.2, 0.25) is 0 Å². The third kappa shape index (κ3) is 4.81. The van der Waals surface area contributed by atoms with Gasteiger partial charge in [-0.15, -0.1) is 0 Å². The highest BCUT2D eigenvalue weighted by molar-refractivity contribution is 6.04. The van der Waals surface area contributed by atoms with Crippen molar-refractivity contribution >= 4 is 11.8 Å². The number of halogens is 1. The monoisotopic (exact) mass is 415 g/mol. The van der Waals surface area contributed by atoms with E-state index < -0.39 is 11.9 Å². The molecule has 0 saturated heterocycles. The molecule has 1 N–H and O–H groups in total. The first kappa shape index (κ1) is 22.2. The van der Waals surface area contributed by atoms with Crippen LogP contribution in [0.15, 0.2) is 46.8 Å². The first-order chi connectivity index (χ1) is 14.1. The Morgan fingerprint density at radius 2 is 1.87 bits per heavy atom. The van der Waals surface area contributed by atoms with Crippen molar-refractivity contribution in [1.82, 2.24) is 5.32 Å². The molecule has 162 valence electrons. The predicted octanol–water partition coefficient (Wildman–Crippen LogP) is 4.40. The fourth-order valence-corrected chi connectivity index (χ4v) is 4.19. The van der Waals surface area contributed by atoms with Gasteiger partial charge in [0, 0.05) is 29.3 Å². The van der Waals surface area contributed by atoms with Crippen molar-refractivity contribution in [2.45, 2.75) is 59.5 Å². The van der Waals surface area contributed by atoms with E-state index in [1.807, 2.05) is 20.8 Å². The number of carbonyl (C=O) groups is 2. The van der Waals surface area contributed by atoms with Crippen LogP contribution in [-0.2, 0) is 19.1 Å². The number of hydrogen-bond donors (Lipinski definition) is 1. The number of esters is 1. The second kappa shape index (κ2) is 8.72. The Kier molecular flexibility index (Phi) is 6.46. The standard InChI is InChI=1S/C24H30FNO4/c1-14(2)29-10-11-30-23(28)20-15(3)26-18-12-24(4,5)13-19(27)22(18)21(20)16-6-8-17(25)9-7-16/h6-9,14,21,26H,10-13H2,1-5H3/t21-/m0/s1. The van der Waals surface area contributed by atoms with Crippen LogP contribution in [0, 0.1) is 11.2 Å². The van der Waals surface area contributed by atoms with Crippen LogP contribution in [0.4, 0.5) is 4.39 Å². The van der Waals surface area contributed by atoms with Gasteiger partial charge in [0.15, 0.2) is 5.78 Å². The highest BCUT2D eigenvalue weighted by Crippen LogP contribution is 2.46. The van der Waals surface area contributed by atoms with E-state index in [-0.39, 0.29) is 29.7 Å². The van der Waals surface area contributed by atoms with E-state index in [2.05, 4.69) is 19.2 Å². The van der Waals surface area contributed by atoms with Crippen LogP contribution in [0.3, 0.4) is 0 Å². The van der Waals surface area contributed by atoms with Gasteiger partial charge in [-0.2, -0.15) is 0 Å². The number of ether oxygens (including phenoxy) is 2. The fraction of sp³-hybridized carbons (Fsp3) is 0.500. The Hall–Kier alpha value is -2.47. The Morgan fingerprint density at radius 1 is 1.20 bits per heavy atom. The summed E-state index contributed by atoms with van der Waals surface area (Å²) in [5, 5.41) is 3.29. The molecule has 0 spiro atoms. The number of benzene rings is 1. The molecule has 6 heteroatoms. The number of nitrogens with one attached hydrogen (secondary N) is 1. The maximum absolute atomic E-state index is 13.6. The third-order valence-corrected chi connectivity index (χ3v) is 5.43. The summed E-state index contributed by atoms with van der Waals surface area (Å²) in [6, 6.07) is 5.96. The summed E-state index contributed by atoms with van der Waals surface area (Å²) in [7, 11) is 0. The molecule has 1 aliphatic heterocycles. The molecule has 1 aromatic carbocycles. The number of dihydropyridines is 1. The maximum atomic E-state index is 13.6. The normalized spacial score (nSPS) is 20.9. The number of rotatable bonds is 6. The van der Waals surface area contributed by atoms with Crippen LogP contribution in [-0.4, -0.2) is 31.1 Å². The number of hydrogen-bond acceptors (Lipinski definition) is 5. The largest absolute Gasteiger partial charge is 0.460 e. The summed E-state index contributed by atoms with van der Waals surface area (Å²) in [6.45, 7) is 10.2. The van der Waals surface area contributed by atoms with Gasteiger partial charge in [-0.1, -0.05) is 26.0 Å². The molecule has 3 rings (SSSR count). The maximum Gasteiger partial charge on any atom is 0.336 e. The molecular weight excluding hydrogens is 385 g/mol. The highest BCUT2D eigenvalue weighted by Gasteiger charge is 2.43. The third-order valence-electron chi connectivity index (χ3n) is 5.43. The van der Waals surface area contributed by atoms with Crippen molar-refractivity contribution in [2.24, 2.45) is 5.41 Å². The van der Waals surface area contributed by atoms with Gasteiger partial charge in [-0.05, 0) is 50.3 Å². The Labute approximate surface area is 177 Å². The number of Topliss-reactive ketones (excluding diaryl/α,β-unsaturated/α-hetero) is 1. The quantitative estimate of drug-likeness (QED) is 0.551. The molecule has 0 saturated carbocycles. The molecule has 0 amide bonds. The van der Waals surface area contributed by atoms with E-state index in [0.717, 1.165) is 5.70 Å². The van der Waals surface area contributed by atoms with Crippen molar-refractivity contribution in [2.75, 3.05) is 13.2 Å². The number of allylic oxidation sites excluding steroid dienone is 3. The zero-order valence-corrected chi connectivity index (χ0v) is 18.3. The summed E-state index contributed by atoms with van der Waals surface area (Å²) in [6.07, 6.45) is 1.14. The van der Waals surface area contributed by atoms with Gasteiger partial charge in [-0.25, -0.2) is 9.18 Å². The molecule has 1 aliphatic carbocycles. The topological polar surface area (TPSA) is 64.6 Å². The molecule has 0 radical (unpaired) electrons. The predicted molar refractivity (Wildman–Crippen MR) is 112 cm³/mol. The van der Waals surface area contributed by atoms with Gasteiger partial charge in [0.2, 0.25) is 0 Å². The minimum absolute atomic E-state index is 0.00372. The lowest BCUT2D eigenvalue weighted by Crippen LogP contribution is -2.38. The zero-order valence-electron chi connectivity index (χ0n) is 18.3. The van der Waals surface area contributed by atoms with E-state index in [1.165, 1.54) is 12.1 Å². The van der Waals surface area contributed by atoms with Crippen molar-refractivity contribution in [3.05, 3.63) is 58.2 Å². The molecule has 0 fully saturated rings. The minimum atomic E-state index is -0.580. The highest BCUT2D eigenvalue weighted by atomic mass is 19.1. The SMILES string of the molecule is CC1=C(C(=O)OCCOC(C)C)[C@H](c2ccc(F)cc2)C2=C(CC(C)(C)CC2=O)N1. The van der Waals surface area contributed by atoms with Crippen LogP contribution < -0.4 is 5.32 Å². The van der Waals surface area contributed by atoms with E-state index in [0.29, 0.717) is 41.9 Å². The number of ketones is 1. The molecular formula is C24H30FNO4. The first-order valence-corrected chi connectivity index (χ1v) is 10.4. The molecule has 0 bridgehead atoms. The van der Waals surface area contributed by atoms with Crippen molar-refractivity contribution in [3.63, 3.8) is 0 Å². The molecule has 1 atom stereocenters. The average Bonchev–Trinajstić information content (AvgIpc) is 2.63. The van der Waals surface area contributed by atoms with Gasteiger partial charge in [-0.3, -0.25) is 4.79 Å². The van der Waals surface area contributed by atoms with E-state index in [4.69, 9.17) is 9.47 Å². The van der Waals surface area contributed by atoms with Crippen LogP contribution in [0.25, 0.3) is 0 Å². The second-order valence-electron chi connectivity index (χ2n) is 9.04. The van der Waals surface area contributed by atoms with Gasteiger partial charge in [0.1, 0.15) is 12.4 Å². The summed E-state index contributed by atoms with van der Waals surface area (Å²) in [4.78, 5) is 26.2. The van der Waals surface area contributed by atoms with E-state index in [1.54, 1.807) is 12.1 Å². The first-order valence-electron chi connectivity index (χ1n) is 10.4. The van der Waals surface area contributed by atoms with Gasteiger partial charge < -0.3 is 14.8 Å². The lowest BCUT2D eigenvalue weighted by molar-refractivity contribution is -0.141.